The number of aliphatic hydroxyl groups excluding tert-OH is 1. The van der Waals surface area contributed by atoms with Crippen LogP contribution in [0.25, 0.3) is 0 Å². The van der Waals surface area contributed by atoms with Crippen molar-refractivity contribution in [1.29, 1.82) is 0 Å². The Kier molecular flexibility index (Phi) is 4.30. The van der Waals surface area contributed by atoms with Gasteiger partial charge in [-0.15, -0.1) is 0 Å². The van der Waals surface area contributed by atoms with Gasteiger partial charge in [0.15, 0.2) is 5.76 Å². The first kappa shape index (κ1) is 12.5. The number of aliphatic hydroxyl groups is 1. The first-order chi connectivity index (χ1) is 7.58. The zero-order chi connectivity index (χ0) is 12.1. The summed E-state index contributed by atoms with van der Waals surface area (Å²) in [5.74, 6) is 0.643. The number of aryl methyl sites for hydroxylation is 2. The van der Waals surface area contributed by atoms with Gasteiger partial charge in [-0.2, -0.15) is 0 Å². The highest BCUT2D eigenvalue weighted by molar-refractivity contribution is 5.90. The number of carbonyl (C=O) groups excluding carboxylic acids is 1. The van der Waals surface area contributed by atoms with Crippen molar-refractivity contribution in [3.63, 3.8) is 0 Å². The molecule has 0 aliphatic heterocycles. The van der Waals surface area contributed by atoms with Gasteiger partial charge in [0.05, 0.1) is 12.6 Å². The highest BCUT2D eigenvalue weighted by Crippen LogP contribution is 2.20. The Morgan fingerprint density at radius 2 is 2.31 bits per heavy atom. The van der Waals surface area contributed by atoms with E-state index in [1.165, 1.54) is 0 Å². The van der Waals surface area contributed by atoms with Crippen LogP contribution in [0.2, 0.25) is 0 Å². The standard InChI is InChI=1S/C10H17N3O3/c1-4-8-9(7(3)13-16-8)12-10(15)11-6(2)5-14/h6,14H,4-5H2,1-3H3,(H2,11,12,15). The molecule has 1 unspecified atom stereocenters. The first-order valence-corrected chi connectivity index (χ1v) is 5.22. The van der Waals surface area contributed by atoms with Gasteiger partial charge in [0, 0.05) is 6.42 Å². The molecule has 0 spiro atoms. The van der Waals surface area contributed by atoms with E-state index in [1.54, 1.807) is 13.8 Å². The van der Waals surface area contributed by atoms with Crippen LogP contribution in [-0.2, 0) is 6.42 Å². The van der Waals surface area contributed by atoms with Crippen LogP contribution in [-0.4, -0.2) is 28.9 Å². The predicted octanol–water partition coefficient (Wildman–Crippen LogP) is 1.05. The molecular formula is C10H17N3O3. The highest BCUT2D eigenvalue weighted by Gasteiger charge is 2.14. The van der Waals surface area contributed by atoms with Gasteiger partial charge in [-0.05, 0) is 13.8 Å². The quantitative estimate of drug-likeness (QED) is 0.717. The minimum atomic E-state index is -0.373. The number of rotatable bonds is 4. The summed E-state index contributed by atoms with van der Waals surface area (Å²) in [6, 6.07) is -0.659. The van der Waals surface area contributed by atoms with Crippen LogP contribution in [0.5, 0.6) is 0 Å². The predicted molar refractivity (Wildman–Crippen MR) is 59.3 cm³/mol. The molecule has 1 aromatic heterocycles. The van der Waals surface area contributed by atoms with E-state index in [-0.39, 0.29) is 18.7 Å². The average molecular weight is 227 g/mol. The SMILES string of the molecule is CCc1onc(C)c1NC(=O)NC(C)CO. The van der Waals surface area contributed by atoms with E-state index in [0.29, 0.717) is 23.6 Å². The van der Waals surface area contributed by atoms with Gasteiger partial charge in [-0.25, -0.2) is 4.79 Å². The third kappa shape index (κ3) is 2.96. The number of amides is 2. The number of hydrogen-bond acceptors (Lipinski definition) is 4. The maximum absolute atomic E-state index is 11.5. The molecule has 1 rings (SSSR count). The van der Waals surface area contributed by atoms with Crippen LogP contribution in [0.3, 0.4) is 0 Å². The van der Waals surface area contributed by atoms with Crippen molar-refractivity contribution in [3.8, 4) is 0 Å². The molecule has 0 aliphatic carbocycles. The zero-order valence-corrected chi connectivity index (χ0v) is 9.70. The van der Waals surface area contributed by atoms with Crippen LogP contribution < -0.4 is 10.6 Å². The fraction of sp³-hybridized carbons (Fsp3) is 0.600. The maximum Gasteiger partial charge on any atom is 0.319 e. The van der Waals surface area contributed by atoms with Gasteiger partial charge in [0.1, 0.15) is 11.4 Å². The summed E-state index contributed by atoms with van der Waals surface area (Å²) in [4.78, 5) is 11.5. The summed E-state index contributed by atoms with van der Waals surface area (Å²) < 4.78 is 5.03. The third-order valence-corrected chi connectivity index (χ3v) is 2.14. The van der Waals surface area contributed by atoms with E-state index in [2.05, 4.69) is 15.8 Å². The Labute approximate surface area is 94.0 Å². The Hall–Kier alpha value is -1.56. The van der Waals surface area contributed by atoms with E-state index in [4.69, 9.17) is 9.63 Å². The molecule has 3 N–H and O–H groups in total. The molecule has 0 aliphatic rings. The van der Waals surface area contributed by atoms with E-state index >= 15 is 0 Å². The lowest BCUT2D eigenvalue weighted by molar-refractivity contribution is 0.229. The summed E-state index contributed by atoms with van der Waals surface area (Å²) in [5.41, 5.74) is 1.24. The van der Waals surface area contributed by atoms with Crippen molar-refractivity contribution in [2.45, 2.75) is 33.2 Å². The van der Waals surface area contributed by atoms with E-state index in [9.17, 15) is 4.79 Å². The minimum absolute atomic E-state index is 0.101. The van der Waals surface area contributed by atoms with Crippen molar-refractivity contribution in [3.05, 3.63) is 11.5 Å². The number of nitrogens with zero attached hydrogens (tertiary/aromatic N) is 1. The molecule has 0 aromatic carbocycles. The molecule has 1 atom stereocenters. The second-order valence-corrected chi connectivity index (χ2v) is 3.60. The smallest absolute Gasteiger partial charge is 0.319 e. The molecule has 0 bridgehead atoms. The van der Waals surface area contributed by atoms with Crippen molar-refractivity contribution in [2.75, 3.05) is 11.9 Å². The molecule has 0 radical (unpaired) electrons. The monoisotopic (exact) mass is 227 g/mol. The Bertz CT molecular complexity index is 362. The van der Waals surface area contributed by atoms with Gasteiger partial charge in [-0.1, -0.05) is 12.1 Å². The van der Waals surface area contributed by atoms with Crippen molar-refractivity contribution in [2.24, 2.45) is 0 Å². The van der Waals surface area contributed by atoms with E-state index in [0.717, 1.165) is 0 Å². The van der Waals surface area contributed by atoms with Gasteiger partial charge >= 0.3 is 6.03 Å². The van der Waals surface area contributed by atoms with Crippen LogP contribution in [0.4, 0.5) is 10.5 Å². The van der Waals surface area contributed by atoms with Gasteiger partial charge in [0.25, 0.3) is 0 Å². The topological polar surface area (TPSA) is 87.4 Å². The van der Waals surface area contributed by atoms with Gasteiger partial charge in [-0.3, -0.25) is 0 Å². The van der Waals surface area contributed by atoms with Crippen LogP contribution in [0.1, 0.15) is 25.3 Å². The van der Waals surface area contributed by atoms with Crippen molar-refractivity contribution < 1.29 is 14.4 Å². The van der Waals surface area contributed by atoms with Gasteiger partial charge in [0.2, 0.25) is 0 Å². The summed E-state index contributed by atoms with van der Waals surface area (Å²) in [6.07, 6.45) is 0.659. The molecule has 16 heavy (non-hydrogen) atoms. The third-order valence-electron chi connectivity index (χ3n) is 2.14. The normalized spacial score (nSPS) is 12.2. The van der Waals surface area contributed by atoms with Crippen LogP contribution in [0, 0.1) is 6.92 Å². The van der Waals surface area contributed by atoms with E-state index in [1.807, 2.05) is 6.92 Å². The Morgan fingerprint density at radius 1 is 1.62 bits per heavy atom. The Balaban J connectivity index is 2.65. The number of carbonyl (C=O) groups is 1. The lowest BCUT2D eigenvalue weighted by Crippen LogP contribution is -2.38. The molecule has 90 valence electrons. The van der Waals surface area contributed by atoms with E-state index < -0.39 is 0 Å². The number of nitrogens with one attached hydrogen (secondary N) is 2. The molecule has 6 heteroatoms. The number of urea groups is 1. The summed E-state index contributed by atoms with van der Waals surface area (Å²) in [5, 5.41) is 17.8. The lowest BCUT2D eigenvalue weighted by Gasteiger charge is -2.11. The molecule has 1 heterocycles. The van der Waals surface area contributed by atoms with Crippen LogP contribution in [0.15, 0.2) is 4.52 Å². The minimum Gasteiger partial charge on any atom is -0.394 e. The summed E-state index contributed by atoms with van der Waals surface area (Å²) in [7, 11) is 0. The lowest BCUT2D eigenvalue weighted by atomic mass is 10.2. The van der Waals surface area contributed by atoms with Crippen molar-refractivity contribution >= 4 is 11.7 Å². The highest BCUT2D eigenvalue weighted by atomic mass is 16.5. The fourth-order valence-electron chi connectivity index (χ4n) is 1.24. The summed E-state index contributed by atoms with van der Waals surface area (Å²) in [6.45, 7) is 5.28. The Morgan fingerprint density at radius 3 is 2.88 bits per heavy atom. The van der Waals surface area contributed by atoms with Crippen molar-refractivity contribution in [1.82, 2.24) is 10.5 Å². The van der Waals surface area contributed by atoms with Gasteiger partial charge < -0.3 is 20.3 Å². The second kappa shape index (κ2) is 5.50. The molecule has 2 amide bonds. The fourth-order valence-corrected chi connectivity index (χ4v) is 1.24. The number of aromatic nitrogens is 1. The summed E-state index contributed by atoms with van der Waals surface area (Å²) >= 11 is 0. The molecule has 0 saturated carbocycles. The van der Waals surface area contributed by atoms with Crippen LogP contribution >= 0.6 is 0 Å². The molecule has 1 aromatic rings. The molecular weight excluding hydrogens is 210 g/mol. The largest absolute Gasteiger partial charge is 0.394 e. The second-order valence-electron chi connectivity index (χ2n) is 3.60. The molecule has 0 saturated heterocycles. The first-order valence-electron chi connectivity index (χ1n) is 5.22. The zero-order valence-electron chi connectivity index (χ0n) is 9.70. The average Bonchev–Trinajstić information content (AvgIpc) is 2.60. The number of hydrogen-bond donors (Lipinski definition) is 3. The maximum atomic E-state index is 11.5. The molecule has 0 fully saturated rings. The number of anilines is 1. The molecule has 6 nitrogen and oxygen atoms in total.